The van der Waals surface area contributed by atoms with Crippen LogP contribution in [0.5, 0.6) is 0 Å². The van der Waals surface area contributed by atoms with Gasteiger partial charge in [0.1, 0.15) is 29.9 Å². The van der Waals surface area contributed by atoms with Crippen molar-refractivity contribution in [2.24, 2.45) is 0 Å². The first-order valence-electron chi connectivity index (χ1n) is 23.5. The lowest BCUT2D eigenvalue weighted by atomic mass is 10.0. The number of rotatable bonds is 7. The maximum atomic E-state index is 14.4. The molecular weight excluding hydrogens is 1040 g/mol. The highest BCUT2D eigenvalue weighted by Gasteiger charge is 2.37. The summed E-state index contributed by atoms with van der Waals surface area (Å²) < 4.78 is 0. The van der Waals surface area contributed by atoms with Crippen LogP contribution in [0.4, 0.5) is 0 Å². The van der Waals surface area contributed by atoms with E-state index in [1.807, 2.05) is 69.4 Å². The average Bonchev–Trinajstić information content (AvgIpc) is 3.61. The summed E-state index contributed by atoms with van der Waals surface area (Å²) >= 11 is 1.15. The monoisotopic (exact) mass is 1100 g/mol. The number of carbonyl (C=O) groups excluding carboxylic acids is 10. The predicted octanol–water partition coefficient (Wildman–Crippen LogP) is 3.69. The van der Waals surface area contributed by atoms with Crippen molar-refractivity contribution >= 4 is 114 Å². The zero-order chi connectivity index (χ0) is 55.1. The van der Waals surface area contributed by atoms with Gasteiger partial charge in [0, 0.05) is 56.6 Å². The summed E-state index contributed by atoms with van der Waals surface area (Å²) in [5, 5.41) is 9.58. The number of amides is 8. The van der Waals surface area contributed by atoms with Gasteiger partial charge in [-0.25, -0.2) is 4.98 Å². The third-order valence-corrected chi connectivity index (χ3v) is 16.8. The SMILES string of the molecule is C=C1C(=O)SC[C@@H](NC(=O)c2ccc3ccccc3n2)C(=O)NCC(=O)N(C)C2CSSCC(C(=O)N1C)N(C)C(=O)CNC(=O)[C@H](NC(=O)CC(/C=C\C1=C(C)C=CC=CC1)=C(C)C)CSC(=O)C(=C)N(C)C2=O. The molecule has 2 aliphatic heterocycles. The average molecular weight is 1100 g/mol. The second-order valence-electron chi connectivity index (χ2n) is 17.7. The number of nitrogens with one attached hydrogen (secondary N) is 4. The number of benzene rings is 1. The normalized spacial score (nSPS) is 22.1. The Kier molecular flexibility index (Phi) is 21.9. The van der Waals surface area contributed by atoms with Crippen LogP contribution in [0.3, 0.4) is 0 Å². The van der Waals surface area contributed by atoms with Crippen LogP contribution < -0.4 is 21.3 Å². The number of fused-ring (bicyclic) bond motifs is 6. The van der Waals surface area contributed by atoms with Crippen LogP contribution in [0.15, 0.2) is 120 Å². The highest BCUT2D eigenvalue weighted by molar-refractivity contribution is 8.76. The summed E-state index contributed by atoms with van der Waals surface area (Å²) in [5.41, 5.74) is 3.47. The topological polar surface area (TPSA) is 245 Å². The number of thioether (sulfide) groups is 2. The van der Waals surface area contributed by atoms with E-state index in [9.17, 15) is 47.9 Å². The molecule has 1 aliphatic carbocycles. The van der Waals surface area contributed by atoms with Gasteiger partial charge < -0.3 is 40.9 Å². The standard InChI is InChI=1S/C52H61N9O10S4/c1-30(2)36(20-19-34-16-12-10-11-15-31(34)3)23-43(62)56-39-26-72-51(70)32(4)58(6)49(68)42-29-75-74-28-41(60(8)44(63)24-53-46(39)65)50(69)59(7)33(5)52(71)73-27-40(47(66)54-25-45(64)61(42)9)57-48(67)38-22-21-35-17-13-14-18-37(35)55-38/h10-15,17-22,39-42H,4-5,16,23-29H2,1-3,6-9H3,(H,53,65)(H,54,66)(H,56,62)(H,57,67)/b20-19-/t39-,40-,41?,42?/m1/s1. The van der Waals surface area contributed by atoms with Crippen molar-refractivity contribution in [2.45, 2.75) is 57.8 Å². The molecule has 3 aliphatic rings. The van der Waals surface area contributed by atoms with Crippen molar-refractivity contribution in [1.29, 1.82) is 0 Å². The third-order valence-electron chi connectivity index (χ3n) is 12.4. The van der Waals surface area contributed by atoms with Gasteiger partial charge in [0.2, 0.25) is 39.8 Å². The quantitative estimate of drug-likeness (QED) is 0.176. The van der Waals surface area contributed by atoms with Crippen LogP contribution in [0, 0.1) is 0 Å². The zero-order valence-corrected chi connectivity index (χ0v) is 46.0. The number of hydrogen-bond acceptors (Lipinski definition) is 15. The highest BCUT2D eigenvalue weighted by Crippen LogP contribution is 2.29. The fourth-order valence-electron chi connectivity index (χ4n) is 7.32. The van der Waals surface area contributed by atoms with E-state index in [-0.39, 0.29) is 40.8 Å². The molecule has 398 valence electrons. The molecular formula is C52H61N9O10S4. The van der Waals surface area contributed by atoms with E-state index < -0.39 is 100 Å². The summed E-state index contributed by atoms with van der Waals surface area (Å²) in [6.45, 7) is 12.1. The molecule has 2 fully saturated rings. The Hall–Kier alpha value is -6.69. The Labute approximate surface area is 452 Å². The summed E-state index contributed by atoms with van der Waals surface area (Å²) in [6, 6.07) is 4.75. The molecule has 0 radical (unpaired) electrons. The Bertz CT molecular complexity index is 2820. The largest absolute Gasteiger partial charge is 0.345 e. The maximum absolute atomic E-state index is 14.4. The first-order chi connectivity index (χ1) is 35.6. The lowest BCUT2D eigenvalue weighted by molar-refractivity contribution is -0.142. The molecule has 2 bridgehead atoms. The van der Waals surface area contributed by atoms with Gasteiger partial charge in [-0.3, -0.25) is 47.9 Å². The van der Waals surface area contributed by atoms with E-state index in [1.54, 1.807) is 18.2 Å². The molecule has 3 heterocycles. The van der Waals surface area contributed by atoms with Crippen LogP contribution in [0.2, 0.25) is 0 Å². The molecule has 5 rings (SSSR count). The minimum absolute atomic E-state index is 0.0359. The molecule has 19 nitrogen and oxygen atoms in total. The van der Waals surface area contributed by atoms with Crippen molar-refractivity contribution in [2.75, 3.05) is 64.3 Å². The Morgan fingerprint density at radius 1 is 0.733 bits per heavy atom. The Balaban J connectivity index is 1.45. The smallest absolute Gasteiger partial charge is 0.270 e. The molecule has 2 saturated heterocycles. The van der Waals surface area contributed by atoms with Crippen molar-refractivity contribution in [3.63, 3.8) is 0 Å². The molecule has 2 aromatic rings. The molecule has 4 atom stereocenters. The predicted molar refractivity (Wildman–Crippen MR) is 295 cm³/mol. The van der Waals surface area contributed by atoms with Gasteiger partial charge in [-0.05, 0) is 56.0 Å². The van der Waals surface area contributed by atoms with E-state index in [0.717, 1.165) is 63.3 Å². The van der Waals surface area contributed by atoms with Gasteiger partial charge in [0.05, 0.1) is 36.4 Å². The number of para-hydroxylation sites is 1. The number of aromatic nitrogens is 1. The van der Waals surface area contributed by atoms with E-state index in [0.29, 0.717) is 41.0 Å². The number of carbonyl (C=O) groups is 10. The molecule has 1 aromatic heterocycles. The van der Waals surface area contributed by atoms with Gasteiger partial charge in [-0.2, -0.15) is 0 Å². The lowest BCUT2D eigenvalue weighted by Crippen LogP contribution is -2.55. The van der Waals surface area contributed by atoms with Crippen LogP contribution in [0.25, 0.3) is 10.9 Å². The summed E-state index contributed by atoms with van der Waals surface area (Å²) in [6.07, 6.45) is 12.2. The van der Waals surface area contributed by atoms with Crippen molar-refractivity contribution in [1.82, 2.24) is 45.9 Å². The van der Waals surface area contributed by atoms with Crippen LogP contribution >= 0.6 is 45.1 Å². The first kappa shape index (κ1) is 59.2. The van der Waals surface area contributed by atoms with Gasteiger partial charge in [0.15, 0.2) is 0 Å². The second kappa shape index (κ2) is 27.7. The van der Waals surface area contributed by atoms with Crippen molar-refractivity contribution in [3.05, 3.63) is 125 Å². The van der Waals surface area contributed by atoms with Gasteiger partial charge >= 0.3 is 0 Å². The molecule has 2 unspecified atom stereocenters. The number of likely N-dealkylation sites (N-methyl/N-ethyl adjacent to an activating group) is 4. The maximum Gasteiger partial charge on any atom is 0.270 e. The number of nitrogens with zero attached hydrogens (tertiary/aromatic N) is 5. The van der Waals surface area contributed by atoms with Gasteiger partial charge in [-0.1, -0.05) is 125 Å². The Morgan fingerprint density at radius 2 is 1.27 bits per heavy atom. The summed E-state index contributed by atoms with van der Waals surface area (Å²) in [4.78, 5) is 148. The molecule has 75 heavy (non-hydrogen) atoms. The summed E-state index contributed by atoms with van der Waals surface area (Å²) in [5.74, 6) is -7.06. The van der Waals surface area contributed by atoms with Gasteiger partial charge in [0.25, 0.3) is 17.7 Å². The first-order valence-corrected chi connectivity index (χ1v) is 28.0. The van der Waals surface area contributed by atoms with Crippen molar-refractivity contribution < 1.29 is 47.9 Å². The molecule has 0 saturated carbocycles. The number of pyridine rings is 1. The minimum Gasteiger partial charge on any atom is -0.345 e. The fraction of sp³-hybridized carbons (Fsp3) is 0.365. The molecule has 0 spiro atoms. The van der Waals surface area contributed by atoms with Crippen LogP contribution in [-0.2, 0) is 43.2 Å². The molecule has 8 amide bonds. The molecule has 4 N–H and O–H groups in total. The number of hydrogen-bond donors (Lipinski definition) is 4. The van der Waals surface area contributed by atoms with Crippen LogP contribution in [-0.4, -0.2) is 171 Å². The van der Waals surface area contributed by atoms with E-state index in [1.165, 1.54) is 34.3 Å². The molecule has 23 heteroatoms. The number of allylic oxidation sites excluding steroid dienone is 9. The fourth-order valence-corrected chi connectivity index (χ4v) is 11.6. The Morgan fingerprint density at radius 3 is 1.81 bits per heavy atom. The van der Waals surface area contributed by atoms with E-state index in [2.05, 4.69) is 39.4 Å². The second-order valence-corrected chi connectivity index (χ2v) is 22.2. The van der Waals surface area contributed by atoms with Gasteiger partial charge in [-0.15, -0.1) is 0 Å². The highest BCUT2D eigenvalue weighted by atomic mass is 33.1. The lowest BCUT2D eigenvalue weighted by Gasteiger charge is -2.33. The zero-order valence-electron chi connectivity index (χ0n) is 42.8. The minimum atomic E-state index is -1.45. The van der Waals surface area contributed by atoms with E-state index >= 15 is 0 Å². The van der Waals surface area contributed by atoms with Crippen molar-refractivity contribution in [3.8, 4) is 0 Å². The van der Waals surface area contributed by atoms with E-state index in [4.69, 9.17) is 0 Å². The summed E-state index contributed by atoms with van der Waals surface area (Å²) in [7, 11) is 7.36. The molecule has 1 aromatic carbocycles. The third kappa shape index (κ3) is 16.2. The van der Waals surface area contributed by atoms with Crippen LogP contribution in [0.1, 0.15) is 44.1 Å².